The minimum absolute atomic E-state index is 0.115. The smallest absolute Gasteiger partial charge is 0.238 e. The molecule has 3 aromatic carbocycles. The van der Waals surface area contributed by atoms with Crippen molar-refractivity contribution in [3.8, 4) is 10.6 Å². The lowest BCUT2D eigenvalue weighted by molar-refractivity contribution is -0.120. The second-order valence-electron chi connectivity index (χ2n) is 7.41. The Balaban J connectivity index is 1.25. The third kappa shape index (κ3) is 4.19. The number of aromatic nitrogens is 1. The molecule has 0 saturated carbocycles. The fraction of sp³-hybridized carbons (Fsp3) is 0.125. The number of carbonyl (C=O) groups is 2. The number of benzene rings is 3. The van der Waals surface area contributed by atoms with Gasteiger partial charge in [0, 0.05) is 22.6 Å². The Morgan fingerprint density at radius 2 is 1.90 bits per heavy atom. The Morgan fingerprint density at radius 3 is 2.74 bits per heavy atom. The van der Waals surface area contributed by atoms with E-state index < -0.39 is 5.25 Å². The molecule has 7 heteroatoms. The average molecular weight is 446 g/mol. The molecular weight excluding hydrogens is 426 g/mol. The summed E-state index contributed by atoms with van der Waals surface area (Å²) in [6.45, 7) is 2.07. The Kier molecular flexibility index (Phi) is 5.21. The van der Waals surface area contributed by atoms with Crippen LogP contribution in [0.25, 0.3) is 20.8 Å². The van der Waals surface area contributed by atoms with E-state index in [0.717, 1.165) is 31.4 Å². The Morgan fingerprint density at radius 1 is 1.10 bits per heavy atom. The Bertz CT molecular complexity index is 1300. The molecule has 0 spiro atoms. The van der Waals surface area contributed by atoms with E-state index in [-0.39, 0.29) is 18.2 Å². The largest absolute Gasteiger partial charge is 0.326 e. The minimum atomic E-state index is -0.444. The van der Waals surface area contributed by atoms with Crippen LogP contribution in [0.3, 0.4) is 0 Å². The second kappa shape index (κ2) is 8.17. The predicted molar refractivity (Wildman–Crippen MR) is 128 cm³/mol. The summed E-state index contributed by atoms with van der Waals surface area (Å²) in [6, 6.07) is 21.5. The van der Waals surface area contributed by atoms with Crippen molar-refractivity contribution in [2.24, 2.45) is 0 Å². The Hall–Kier alpha value is -3.16. The molecule has 1 unspecified atom stereocenters. The first-order chi connectivity index (χ1) is 15.0. The van der Waals surface area contributed by atoms with E-state index in [9.17, 15) is 9.59 Å². The number of hydrogen-bond donors (Lipinski definition) is 2. The quantitative estimate of drug-likeness (QED) is 0.422. The molecule has 0 radical (unpaired) electrons. The number of aryl methyl sites for hydroxylation is 1. The van der Waals surface area contributed by atoms with Crippen LogP contribution >= 0.6 is 23.1 Å². The van der Waals surface area contributed by atoms with Crippen LogP contribution in [0.2, 0.25) is 0 Å². The summed E-state index contributed by atoms with van der Waals surface area (Å²) < 4.78 is 1.16. The molecule has 1 aliphatic rings. The van der Waals surface area contributed by atoms with Crippen molar-refractivity contribution < 1.29 is 9.59 Å². The van der Waals surface area contributed by atoms with E-state index in [4.69, 9.17) is 4.98 Å². The molecule has 1 aromatic heterocycles. The number of amides is 2. The van der Waals surface area contributed by atoms with E-state index in [1.54, 1.807) is 11.3 Å². The van der Waals surface area contributed by atoms with Gasteiger partial charge in [-0.25, -0.2) is 4.98 Å². The number of anilines is 2. The van der Waals surface area contributed by atoms with Crippen LogP contribution in [0.1, 0.15) is 12.0 Å². The van der Waals surface area contributed by atoms with Crippen LogP contribution in [0.15, 0.2) is 71.6 Å². The van der Waals surface area contributed by atoms with Crippen molar-refractivity contribution in [3.63, 3.8) is 0 Å². The van der Waals surface area contributed by atoms with Crippen LogP contribution < -0.4 is 10.6 Å². The van der Waals surface area contributed by atoms with Gasteiger partial charge in [0.15, 0.2) is 0 Å². The number of nitrogens with one attached hydrogen (secondary N) is 2. The summed E-state index contributed by atoms with van der Waals surface area (Å²) in [7, 11) is 0. The zero-order valence-corrected chi connectivity index (χ0v) is 18.3. The predicted octanol–water partition coefficient (Wildman–Crippen LogP) is 5.71. The van der Waals surface area contributed by atoms with Crippen molar-refractivity contribution in [3.05, 3.63) is 72.3 Å². The van der Waals surface area contributed by atoms with Crippen molar-refractivity contribution in [2.75, 3.05) is 10.6 Å². The van der Waals surface area contributed by atoms with Gasteiger partial charge in [-0.05, 0) is 61.0 Å². The maximum atomic E-state index is 12.5. The number of rotatable bonds is 4. The zero-order chi connectivity index (χ0) is 21.4. The van der Waals surface area contributed by atoms with E-state index in [0.29, 0.717) is 5.69 Å². The summed E-state index contributed by atoms with van der Waals surface area (Å²) in [5.74, 6) is -0.324. The molecule has 1 atom stereocenters. The summed E-state index contributed by atoms with van der Waals surface area (Å²) >= 11 is 3.08. The number of fused-ring (bicyclic) bond motifs is 2. The van der Waals surface area contributed by atoms with Gasteiger partial charge in [0.1, 0.15) is 5.01 Å². The van der Waals surface area contributed by atoms with Crippen molar-refractivity contribution >= 4 is 56.5 Å². The number of thiazole rings is 1. The zero-order valence-electron chi connectivity index (χ0n) is 16.7. The van der Waals surface area contributed by atoms with Crippen LogP contribution in [0.5, 0.6) is 0 Å². The lowest BCUT2D eigenvalue weighted by atomic mass is 10.2. The highest BCUT2D eigenvalue weighted by atomic mass is 32.2. The summed E-state index contributed by atoms with van der Waals surface area (Å²) in [5.41, 5.74) is 4.72. The maximum Gasteiger partial charge on any atom is 0.238 e. The van der Waals surface area contributed by atoms with Crippen molar-refractivity contribution in [1.29, 1.82) is 0 Å². The third-order valence-corrected chi connectivity index (χ3v) is 7.38. The van der Waals surface area contributed by atoms with Gasteiger partial charge < -0.3 is 10.6 Å². The van der Waals surface area contributed by atoms with Crippen molar-refractivity contribution in [1.82, 2.24) is 4.98 Å². The van der Waals surface area contributed by atoms with Gasteiger partial charge in [-0.1, -0.05) is 18.2 Å². The Labute approximate surface area is 187 Å². The lowest BCUT2D eigenvalue weighted by Crippen LogP contribution is -2.32. The highest BCUT2D eigenvalue weighted by molar-refractivity contribution is 8.01. The summed E-state index contributed by atoms with van der Waals surface area (Å²) in [4.78, 5) is 30.5. The molecule has 4 aromatic rings. The number of carbonyl (C=O) groups excluding carboxylic acids is 2. The monoisotopic (exact) mass is 445 g/mol. The number of para-hydroxylation sites is 1. The summed E-state index contributed by atoms with van der Waals surface area (Å²) in [5, 5.41) is 6.28. The molecule has 0 saturated heterocycles. The fourth-order valence-electron chi connectivity index (χ4n) is 3.46. The highest BCUT2D eigenvalue weighted by Gasteiger charge is 2.28. The second-order valence-corrected chi connectivity index (χ2v) is 9.69. The fourth-order valence-corrected chi connectivity index (χ4v) is 5.64. The van der Waals surface area contributed by atoms with Gasteiger partial charge in [0.25, 0.3) is 0 Å². The molecule has 0 fully saturated rings. The topological polar surface area (TPSA) is 71.1 Å². The van der Waals surface area contributed by atoms with E-state index in [1.807, 2.05) is 54.6 Å². The SMILES string of the molecule is Cc1ccc2nc(-c3ccc(NC(=O)CC4Sc5ccccc5NC4=O)cc3)sc2c1. The van der Waals surface area contributed by atoms with Gasteiger partial charge in [-0.3, -0.25) is 9.59 Å². The molecule has 5 rings (SSSR count). The maximum absolute atomic E-state index is 12.5. The average Bonchev–Trinajstić information content (AvgIpc) is 3.18. The minimum Gasteiger partial charge on any atom is -0.326 e. The molecule has 31 heavy (non-hydrogen) atoms. The van der Waals surface area contributed by atoms with Crippen LogP contribution in [0, 0.1) is 6.92 Å². The number of thioether (sulfide) groups is 1. The van der Waals surface area contributed by atoms with Crippen LogP contribution in [0.4, 0.5) is 11.4 Å². The van der Waals surface area contributed by atoms with Gasteiger partial charge in [-0.15, -0.1) is 23.1 Å². The molecule has 2 amide bonds. The molecule has 2 N–H and O–H groups in total. The number of hydrogen-bond acceptors (Lipinski definition) is 5. The molecule has 1 aliphatic heterocycles. The first-order valence-electron chi connectivity index (χ1n) is 9.89. The molecular formula is C24H19N3O2S2. The van der Waals surface area contributed by atoms with E-state index >= 15 is 0 Å². The first kappa shape index (κ1) is 19.8. The van der Waals surface area contributed by atoms with E-state index in [1.165, 1.54) is 17.3 Å². The van der Waals surface area contributed by atoms with Crippen LogP contribution in [-0.4, -0.2) is 22.0 Å². The van der Waals surface area contributed by atoms with Gasteiger partial charge in [0.05, 0.1) is 21.2 Å². The standard InChI is InChI=1S/C24H19N3O2S2/c1-14-6-11-18-20(12-14)31-24(27-18)15-7-9-16(10-8-15)25-22(28)13-21-23(29)26-17-4-2-3-5-19(17)30-21/h2-12,21H,13H2,1H3,(H,25,28)(H,26,29). The summed E-state index contributed by atoms with van der Waals surface area (Å²) in [6.07, 6.45) is 0.115. The van der Waals surface area contributed by atoms with E-state index in [2.05, 4.69) is 29.7 Å². The van der Waals surface area contributed by atoms with Gasteiger partial charge in [-0.2, -0.15) is 0 Å². The first-order valence-corrected chi connectivity index (χ1v) is 11.6. The lowest BCUT2D eigenvalue weighted by Gasteiger charge is -2.23. The normalized spacial score (nSPS) is 15.4. The van der Waals surface area contributed by atoms with Gasteiger partial charge >= 0.3 is 0 Å². The molecule has 154 valence electrons. The van der Waals surface area contributed by atoms with Crippen LogP contribution in [-0.2, 0) is 9.59 Å². The molecule has 2 heterocycles. The number of nitrogens with zero attached hydrogens (tertiary/aromatic N) is 1. The van der Waals surface area contributed by atoms with Gasteiger partial charge in [0.2, 0.25) is 11.8 Å². The molecule has 5 nitrogen and oxygen atoms in total. The molecule has 0 aliphatic carbocycles. The van der Waals surface area contributed by atoms with Crippen molar-refractivity contribution in [2.45, 2.75) is 23.5 Å². The highest BCUT2D eigenvalue weighted by Crippen LogP contribution is 2.37. The molecule has 0 bridgehead atoms. The third-order valence-electron chi connectivity index (χ3n) is 5.04.